The summed E-state index contributed by atoms with van der Waals surface area (Å²) in [6, 6.07) is -0.190. The van der Waals surface area contributed by atoms with Crippen LogP contribution in [0, 0.1) is 5.92 Å². The third-order valence-corrected chi connectivity index (χ3v) is 6.28. The first-order valence-electron chi connectivity index (χ1n) is 10.5. The monoisotopic (exact) mass is 469 g/mol. The lowest BCUT2D eigenvalue weighted by molar-refractivity contribution is 0.0569. The molecule has 178 valence electrons. The molecule has 0 bridgehead atoms. The maximum absolute atomic E-state index is 12.0. The molecule has 1 fully saturated rings. The molecule has 0 aromatic carbocycles. The van der Waals surface area contributed by atoms with Gasteiger partial charge >= 0.3 is 22.3 Å². The Hall–Kier alpha value is -2.67. The Kier molecular flexibility index (Phi) is 7.08. The number of hydrogen-bond acceptors (Lipinski definition) is 8. The van der Waals surface area contributed by atoms with Crippen LogP contribution in [-0.2, 0) is 21.5 Å². The van der Waals surface area contributed by atoms with Crippen LogP contribution in [0.1, 0.15) is 45.6 Å². The maximum atomic E-state index is 12.0. The van der Waals surface area contributed by atoms with E-state index in [-0.39, 0.29) is 12.6 Å². The summed E-state index contributed by atoms with van der Waals surface area (Å²) in [4.78, 5) is 35.9. The zero-order valence-corrected chi connectivity index (χ0v) is 19.7. The fraction of sp³-hybridized carbons (Fsp3) is 0.684. The van der Waals surface area contributed by atoms with E-state index in [1.54, 1.807) is 32.7 Å². The van der Waals surface area contributed by atoms with Crippen LogP contribution in [0.25, 0.3) is 0 Å². The summed E-state index contributed by atoms with van der Waals surface area (Å²) in [6.07, 6.45) is 2.86. The number of hydrogen-bond donors (Lipinski definition) is 3. The third-order valence-electron chi connectivity index (χ3n) is 5.27. The molecule has 3 rings (SSSR count). The largest absolute Gasteiger partial charge is 0.443 e. The van der Waals surface area contributed by atoms with Crippen molar-refractivity contribution in [3.8, 4) is 0 Å². The van der Waals surface area contributed by atoms with Gasteiger partial charge in [-0.15, -0.1) is 0 Å². The number of fused-ring (bicyclic) bond motifs is 1. The van der Waals surface area contributed by atoms with Crippen molar-refractivity contribution in [2.24, 2.45) is 5.92 Å². The zero-order valence-electron chi connectivity index (χ0n) is 18.8. The molecule has 1 saturated heterocycles. The van der Waals surface area contributed by atoms with Gasteiger partial charge in [0, 0.05) is 26.7 Å². The minimum atomic E-state index is -3.97. The van der Waals surface area contributed by atoms with E-state index in [1.807, 2.05) is 4.72 Å². The Morgan fingerprint density at radius 1 is 1.28 bits per heavy atom. The van der Waals surface area contributed by atoms with Crippen LogP contribution >= 0.6 is 0 Å². The number of carbonyl (C=O) groups is 2. The fourth-order valence-corrected chi connectivity index (χ4v) is 4.43. The molecule has 3 amide bonds. The summed E-state index contributed by atoms with van der Waals surface area (Å²) in [5.74, 6) is 1.71. The van der Waals surface area contributed by atoms with E-state index in [0.717, 1.165) is 37.3 Å². The highest BCUT2D eigenvalue weighted by molar-refractivity contribution is 7.88. The van der Waals surface area contributed by atoms with E-state index >= 15 is 0 Å². The van der Waals surface area contributed by atoms with Crippen LogP contribution in [0.2, 0.25) is 0 Å². The zero-order chi connectivity index (χ0) is 23.5. The molecule has 0 spiro atoms. The predicted molar refractivity (Wildman–Crippen MR) is 118 cm³/mol. The van der Waals surface area contributed by atoms with Crippen molar-refractivity contribution in [2.75, 3.05) is 36.9 Å². The van der Waals surface area contributed by atoms with Gasteiger partial charge in [0.1, 0.15) is 23.6 Å². The SMILES string of the molecule is CN1Cc2c(ncnc2N2CCC(CCNS(=O)(=O)NC(=O)OC(C)(C)C)CC2)NC1=O. The molecule has 3 heterocycles. The second-order valence-corrected chi connectivity index (χ2v) is 10.5. The van der Waals surface area contributed by atoms with Gasteiger partial charge in [-0.1, -0.05) is 0 Å². The normalized spacial score (nSPS) is 17.6. The molecule has 1 aromatic heterocycles. The second-order valence-electron chi connectivity index (χ2n) is 9.03. The summed E-state index contributed by atoms with van der Waals surface area (Å²) in [5, 5.41) is 2.77. The summed E-state index contributed by atoms with van der Waals surface area (Å²) in [5.41, 5.74) is 0.117. The molecule has 2 aliphatic rings. The van der Waals surface area contributed by atoms with Crippen molar-refractivity contribution in [3.63, 3.8) is 0 Å². The first kappa shape index (κ1) is 24.0. The summed E-state index contributed by atoms with van der Waals surface area (Å²) < 4.78 is 33.2. The molecule has 0 saturated carbocycles. The van der Waals surface area contributed by atoms with E-state index < -0.39 is 21.9 Å². The van der Waals surface area contributed by atoms with E-state index in [4.69, 9.17) is 4.74 Å². The first-order chi connectivity index (χ1) is 14.9. The summed E-state index contributed by atoms with van der Waals surface area (Å²) >= 11 is 0. The van der Waals surface area contributed by atoms with Crippen molar-refractivity contribution in [1.82, 2.24) is 24.3 Å². The smallest absolute Gasteiger partial charge is 0.422 e. The number of carbonyl (C=O) groups excluding carboxylic acids is 2. The predicted octanol–water partition coefficient (Wildman–Crippen LogP) is 1.42. The maximum Gasteiger partial charge on any atom is 0.422 e. The number of ether oxygens (including phenoxy) is 1. The minimum absolute atomic E-state index is 0.190. The number of nitrogens with one attached hydrogen (secondary N) is 3. The van der Waals surface area contributed by atoms with Gasteiger partial charge in [-0.05, 0) is 46.0 Å². The van der Waals surface area contributed by atoms with Gasteiger partial charge in [0.25, 0.3) is 0 Å². The number of amides is 3. The highest BCUT2D eigenvalue weighted by atomic mass is 32.2. The molecule has 0 aliphatic carbocycles. The summed E-state index contributed by atoms with van der Waals surface area (Å²) in [7, 11) is -2.25. The average Bonchev–Trinajstić information content (AvgIpc) is 2.67. The van der Waals surface area contributed by atoms with E-state index in [2.05, 4.69) is 24.9 Å². The van der Waals surface area contributed by atoms with Crippen LogP contribution in [0.5, 0.6) is 0 Å². The molecule has 0 atom stereocenters. The number of urea groups is 1. The molecular formula is C19H31N7O5S. The third kappa shape index (κ3) is 6.42. The topological polar surface area (TPSA) is 146 Å². The van der Waals surface area contributed by atoms with Crippen molar-refractivity contribution in [3.05, 3.63) is 11.9 Å². The standard InChI is InChI=1S/C19H31N7O5S/c1-19(2,3)31-18(28)24-32(29,30)22-8-5-13-6-9-26(10-7-13)16-14-11-25(4)17(27)23-15(14)20-12-21-16/h12-13,22H,5-11H2,1-4H3,(H,24,28)(H,20,21,23,27). The Labute approximate surface area is 188 Å². The number of piperidine rings is 1. The van der Waals surface area contributed by atoms with Crippen molar-refractivity contribution in [2.45, 2.75) is 52.2 Å². The van der Waals surface area contributed by atoms with Gasteiger partial charge in [-0.2, -0.15) is 13.1 Å². The number of aromatic nitrogens is 2. The molecule has 13 heteroatoms. The van der Waals surface area contributed by atoms with Crippen molar-refractivity contribution >= 4 is 34.0 Å². The molecule has 32 heavy (non-hydrogen) atoms. The average molecular weight is 470 g/mol. The van der Waals surface area contributed by atoms with E-state index in [0.29, 0.717) is 24.7 Å². The first-order valence-corrected chi connectivity index (χ1v) is 12.0. The quantitative estimate of drug-likeness (QED) is 0.567. The summed E-state index contributed by atoms with van der Waals surface area (Å²) in [6.45, 7) is 7.19. The number of nitrogens with zero attached hydrogens (tertiary/aromatic N) is 4. The fourth-order valence-electron chi connectivity index (χ4n) is 3.71. The minimum Gasteiger partial charge on any atom is -0.443 e. The van der Waals surface area contributed by atoms with Gasteiger partial charge in [0.05, 0.1) is 12.1 Å². The molecule has 3 N–H and O–H groups in total. The number of rotatable bonds is 6. The van der Waals surface area contributed by atoms with Gasteiger partial charge < -0.3 is 14.5 Å². The highest BCUT2D eigenvalue weighted by Crippen LogP contribution is 2.31. The Bertz CT molecular complexity index is 955. The van der Waals surface area contributed by atoms with Gasteiger partial charge in [-0.25, -0.2) is 24.3 Å². The van der Waals surface area contributed by atoms with Crippen molar-refractivity contribution < 1.29 is 22.7 Å². The van der Waals surface area contributed by atoms with Crippen LogP contribution in [0.3, 0.4) is 0 Å². The lowest BCUT2D eigenvalue weighted by Crippen LogP contribution is -2.43. The van der Waals surface area contributed by atoms with Gasteiger partial charge in [0.2, 0.25) is 0 Å². The lowest BCUT2D eigenvalue weighted by atomic mass is 9.93. The van der Waals surface area contributed by atoms with Crippen LogP contribution in [-0.4, -0.2) is 67.7 Å². The Morgan fingerprint density at radius 3 is 2.62 bits per heavy atom. The second kappa shape index (κ2) is 9.45. The Balaban J connectivity index is 1.47. The van der Waals surface area contributed by atoms with Gasteiger partial charge in [-0.3, -0.25) is 5.32 Å². The van der Waals surface area contributed by atoms with Crippen LogP contribution in [0.15, 0.2) is 6.33 Å². The lowest BCUT2D eigenvalue weighted by Gasteiger charge is -2.35. The molecule has 1 aromatic rings. The number of anilines is 2. The molecule has 0 radical (unpaired) electrons. The molecule has 0 unspecified atom stereocenters. The van der Waals surface area contributed by atoms with Gasteiger partial charge in [0.15, 0.2) is 0 Å². The molecular weight excluding hydrogens is 438 g/mol. The highest BCUT2D eigenvalue weighted by Gasteiger charge is 2.28. The van der Waals surface area contributed by atoms with E-state index in [9.17, 15) is 18.0 Å². The van der Waals surface area contributed by atoms with Crippen molar-refractivity contribution in [1.29, 1.82) is 0 Å². The Morgan fingerprint density at radius 2 is 1.97 bits per heavy atom. The molecule has 2 aliphatic heterocycles. The molecule has 12 nitrogen and oxygen atoms in total. The van der Waals surface area contributed by atoms with Crippen LogP contribution in [0.4, 0.5) is 21.2 Å². The van der Waals surface area contributed by atoms with Crippen LogP contribution < -0.4 is 19.7 Å². The van der Waals surface area contributed by atoms with E-state index in [1.165, 1.54) is 6.33 Å².